The van der Waals surface area contributed by atoms with Crippen LogP contribution in [0.5, 0.6) is 0 Å². The molecule has 0 aromatic heterocycles. The molecule has 3 N–H and O–H groups in total. The first-order chi connectivity index (χ1) is 8.56. The van der Waals surface area contributed by atoms with Crippen LogP contribution in [0.15, 0.2) is 18.2 Å². The van der Waals surface area contributed by atoms with Crippen LogP contribution in [0.4, 0.5) is 4.39 Å². The van der Waals surface area contributed by atoms with Gasteiger partial charge in [0, 0.05) is 18.2 Å². The van der Waals surface area contributed by atoms with E-state index >= 15 is 0 Å². The first-order valence-electron chi connectivity index (χ1n) is 5.99. The van der Waals surface area contributed by atoms with Gasteiger partial charge in [0.2, 0.25) is 0 Å². The number of nitrogens with two attached hydrogens (primary N) is 1. The molecular weight excluding hydrogens is 255 g/mol. The van der Waals surface area contributed by atoms with Crippen molar-refractivity contribution in [2.75, 3.05) is 7.11 Å². The largest absolute Gasteiger partial charge is 0.382 e. The molecule has 3 nitrogen and oxygen atoms in total. The Hall–Kier alpha value is -0.680. The lowest BCUT2D eigenvalue weighted by atomic mass is 10.0. The Morgan fingerprint density at radius 2 is 2.17 bits per heavy atom. The molecule has 18 heavy (non-hydrogen) atoms. The Labute approximate surface area is 112 Å². The molecule has 1 aromatic carbocycles. The van der Waals surface area contributed by atoms with Crippen LogP contribution in [0, 0.1) is 5.82 Å². The van der Waals surface area contributed by atoms with Gasteiger partial charge < -0.3 is 4.74 Å². The highest BCUT2D eigenvalue weighted by atomic mass is 35.5. The molecule has 2 atom stereocenters. The zero-order chi connectivity index (χ0) is 13.5. The Balaban J connectivity index is 2.56. The van der Waals surface area contributed by atoms with Crippen molar-refractivity contribution in [3.05, 3.63) is 34.6 Å². The highest BCUT2D eigenvalue weighted by molar-refractivity contribution is 6.31. The standard InChI is InChI=1S/C13H20ClFN2O/c1-9(18-2)3-6-12(17-16)7-10-4-5-11(15)8-13(10)14/h4-5,8-9,12,17H,3,6-7,16H2,1-2H3. The fourth-order valence-corrected chi connectivity index (χ4v) is 2.00. The van der Waals surface area contributed by atoms with Crippen LogP contribution in [-0.2, 0) is 11.2 Å². The van der Waals surface area contributed by atoms with E-state index in [1.165, 1.54) is 12.1 Å². The highest BCUT2D eigenvalue weighted by Crippen LogP contribution is 2.20. The van der Waals surface area contributed by atoms with Crippen LogP contribution in [0.25, 0.3) is 0 Å². The molecule has 0 saturated carbocycles. The highest BCUT2D eigenvalue weighted by Gasteiger charge is 2.12. The summed E-state index contributed by atoms with van der Waals surface area (Å²) in [4.78, 5) is 0. The van der Waals surface area contributed by atoms with Crippen LogP contribution in [0.1, 0.15) is 25.3 Å². The molecule has 0 aliphatic carbocycles. The second-order valence-electron chi connectivity index (χ2n) is 4.43. The van der Waals surface area contributed by atoms with E-state index in [9.17, 15) is 4.39 Å². The summed E-state index contributed by atoms with van der Waals surface area (Å²) in [7, 11) is 1.69. The van der Waals surface area contributed by atoms with Gasteiger partial charge >= 0.3 is 0 Å². The minimum absolute atomic E-state index is 0.102. The molecule has 0 radical (unpaired) electrons. The summed E-state index contributed by atoms with van der Waals surface area (Å²) in [5.41, 5.74) is 3.66. The third-order valence-electron chi connectivity index (χ3n) is 3.04. The Morgan fingerprint density at radius 3 is 2.72 bits per heavy atom. The number of hydrogen-bond donors (Lipinski definition) is 2. The molecule has 0 saturated heterocycles. The van der Waals surface area contributed by atoms with E-state index in [1.807, 2.05) is 6.92 Å². The number of benzene rings is 1. The van der Waals surface area contributed by atoms with Gasteiger partial charge in [0.1, 0.15) is 5.82 Å². The molecule has 102 valence electrons. The normalized spacial score (nSPS) is 14.5. The van der Waals surface area contributed by atoms with Crippen LogP contribution >= 0.6 is 11.6 Å². The molecule has 0 aliphatic heterocycles. The van der Waals surface area contributed by atoms with Crippen LogP contribution in [0.2, 0.25) is 5.02 Å². The van der Waals surface area contributed by atoms with E-state index in [0.717, 1.165) is 18.4 Å². The maximum Gasteiger partial charge on any atom is 0.124 e. The van der Waals surface area contributed by atoms with Crippen molar-refractivity contribution in [2.24, 2.45) is 5.84 Å². The van der Waals surface area contributed by atoms with Crippen LogP contribution < -0.4 is 11.3 Å². The van der Waals surface area contributed by atoms with Gasteiger partial charge in [0.05, 0.1) is 6.10 Å². The monoisotopic (exact) mass is 274 g/mol. The second-order valence-corrected chi connectivity index (χ2v) is 4.83. The van der Waals surface area contributed by atoms with E-state index in [2.05, 4.69) is 5.43 Å². The Bertz CT molecular complexity index is 376. The van der Waals surface area contributed by atoms with Crippen molar-refractivity contribution in [2.45, 2.75) is 38.3 Å². The van der Waals surface area contributed by atoms with E-state index in [-0.39, 0.29) is 18.0 Å². The minimum atomic E-state index is -0.325. The number of nitrogens with one attached hydrogen (secondary N) is 1. The molecule has 1 aromatic rings. The van der Waals surface area contributed by atoms with Gasteiger partial charge in [0.25, 0.3) is 0 Å². The summed E-state index contributed by atoms with van der Waals surface area (Å²) < 4.78 is 18.1. The predicted molar refractivity (Wildman–Crippen MR) is 71.9 cm³/mol. The van der Waals surface area contributed by atoms with Crippen molar-refractivity contribution in [3.63, 3.8) is 0 Å². The molecule has 2 unspecified atom stereocenters. The van der Waals surface area contributed by atoms with Crippen molar-refractivity contribution in [3.8, 4) is 0 Å². The summed E-state index contributed by atoms with van der Waals surface area (Å²) >= 11 is 5.99. The molecule has 1 rings (SSSR count). The molecule has 0 spiro atoms. The minimum Gasteiger partial charge on any atom is -0.382 e. The first kappa shape index (κ1) is 15.4. The van der Waals surface area contributed by atoms with Gasteiger partial charge in [-0.15, -0.1) is 0 Å². The zero-order valence-electron chi connectivity index (χ0n) is 10.7. The number of hydrazine groups is 1. The molecular formula is C13H20ClFN2O. The third kappa shape index (κ3) is 4.90. The summed E-state index contributed by atoms with van der Waals surface area (Å²) in [6.45, 7) is 2.01. The Kier molecular flexibility index (Phi) is 6.57. The summed E-state index contributed by atoms with van der Waals surface area (Å²) in [6, 6.07) is 4.53. The van der Waals surface area contributed by atoms with Gasteiger partial charge in [-0.2, -0.15) is 0 Å². The molecule has 0 heterocycles. The maximum atomic E-state index is 12.9. The zero-order valence-corrected chi connectivity index (χ0v) is 11.5. The van der Waals surface area contributed by atoms with E-state index < -0.39 is 0 Å². The maximum absolute atomic E-state index is 12.9. The first-order valence-corrected chi connectivity index (χ1v) is 6.37. The van der Waals surface area contributed by atoms with Crippen molar-refractivity contribution >= 4 is 11.6 Å². The van der Waals surface area contributed by atoms with Crippen molar-refractivity contribution in [1.29, 1.82) is 0 Å². The third-order valence-corrected chi connectivity index (χ3v) is 3.39. The molecule has 0 bridgehead atoms. The predicted octanol–water partition coefficient (Wildman–Crippen LogP) is 2.67. The second kappa shape index (κ2) is 7.69. The quantitative estimate of drug-likeness (QED) is 0.594. The molecule has 5 heteroatoms. The topological polar surface area (TPSA) is 47.3 Å². The number of halogens is 2. The molecule has 0 amide bonds. The Morgan fingerprint density at radius 1 is 1.44 bits per heavy atom. The van der Waals surface area contributed by atoms with Gasteiger partial charge in [-0.05, 0) is 43.9 Å². The lowest BCUT2D eigenvalue weighted by molar-refractivity contribution is 0.106. The molecule has 0 aliphatic rings. The van der Waals surface area contributed by atoms with Crippen molar-refractivity contribution in [1.82, 2.24) is 5.43 Å². The summed E-state index contributed by atoms with van der Waals surface area (Å²) in [6.07, 6.45) is 2.65. The SMILES string of the molecule is COC(C)CCC(Cc1ccc(F)cc1Cl)NN. The lowest BCUT2D eigenvalue weighted by Gasteiger charge is -2.18. The fraction of sp³-hybridized carbons (Fsp3) is 0.538. The summed E-state index contributed by atoms with van der Waals surface area (Å²) in [5.74, 6) is 5.20. The van der Waals surface area contributed by atoms with E-state index in [1.54, 1.807) is 13.2 Å². The number of methoxy groups -OCH3 is 1. The van der Waals surface area contributed by atoms with Gasteiger partial charge in [-0.1, -0.05) is 17.7 Å². The summed E-state index contributed by atoms with van der Waals surface area (Å²) in [5, 5.41) is 0.440. The van der Waals surface area contributed by atoms with Gasteiger partial charge in [-0.25, -0.2) is 4.39 Å². The average molecular weight is 275 g/mol. The molecule has 0 fully saturated rings. The number of ether oxygens (including phenoxy) is 1. The van der Waals surface area contributed by atoms with Crippen LogP contribution in [0.3, 0.4) is 0 Å². The van der Waals surface area contributed by atoms with E-state index in [4.69, 9.17) is 22.2 Å². The number of rotatable bonds is 7. The van der Waals surface area contributed by atoms with Crippen molar-refractivity contribution < 1.29 is 9.13 Å². The fourth-order valence-electron chi connectivity index (χ4n) is 1.75. The number of hydrogen-bond acceptors (Lipinski definition) is 3. The van der Waals surface area contributed by atoms with Crippen LogP contribution in [-0.4, -0.2) is 19.3 Å². The van der Waals surface area contributed by atoms with Gasteiger partial charge in [-0.3, -0.25) is 11.3 Å². The van der Waals surface area contributed by atoms with E-state index in [0.29, 0.717) is 11.4 Å². The van der Waals surface area contributed by atoms with Gasteiger partial charge in [0.15, 0.2) is 0 Å². The lowest BCUT2D eigenvalue weighted by Crippen LogP contribution is -2.37. The smallest absolute Gasteiger partial charge is 0.124 e. The average Bonchev–Trinajstić information content (AvgIpc) is 2.36.